The Labute approximate surface area is 103 Å². The molecule has 0 saturated heterocycles. The van der Waals surface area contributed by atoms with Crippen LogP contribution in [0.2, 0.25) is 0 Å². The van der Waals surface area contributed by atoms with Gasteiger partial charge in [0.15, 0.2) is 0 Å². The minimum Gasteiger partial charge on any atom is -0.310 e. The number of hydrogen-bond acceptors (Lipinski definition) is 2. The van der Waals surface area contributed by atoms with Gasteiger partial charge in [-0.25, -0.2) is 0 Å². The van der Waals surface area contributed by atoms with Crippen LogP contribution < -0.4 is 5.32 Å². The van der Waals surface area contributed by atoms with E-state index in [1.165, 1.54) is 19.3 Å². The van der Waals surface area contributed by atoms with Gasteiger partial charge in [-0.05, 0) is 54.7 Å². The summed E-state index contributed by atoms with van der Waals surface area (Å²) in [5.41, 5.74) is 1.58. The molecule has 2 rings (SSSR count). The second-order valence-corrected chi connectivity index (χ2v) is 6.37. The maximum atomic E-state index is 3.75. The number of rotatable bonds is 4. The fourth-order valence-electron chi connectivity index (χ4n) is 2.26. The highest BCUT2D eigenvalue weighted by molar-refractivity contribution is 7.10. The van der Waals surface area contributed by atoms with Crippen LogP contribution in [0.4, 0.5) is 0 Å². The summed E-state index contributed by atoms with van der Waals surface area (Å²) >= 11 is 1.93. The lowest BCUT2D eigenvalue weighted by Crippen LogP contribution is -2.30. The Morgan fingerprint density at radius 1 is 1.44 bits per heavy atom. The molecule has 2 atom stereocenters. The van der Waals surface area contributed by atoms with Gasteiger partial charge in [0.25, 0.3) is 0 Å². The van der Waals surface area contributed by atoms with Crippen molar-refractivity contribution < 1.29 is 0 Å². The van der Waals surface area contributed by atoms with Crippen molar-refractivity contribution in [2.45, 2.75) is 46.1 Å². The van der Waals surface area contributed by atoms with E-state index >= 15 is 0 Å². The number of fused-ring (bicyclic) bond motifs is 1. The second kappa shape index (κ2) is 5.33. The van der Waals surface area contributed by atoms with E-state index in [4.69, 9.17) is 0 Å². The minimum absolute atomic E-state index is 0.621. The van der Waals surface area contributed by atoms with Crippen molar-refractivity contribution in [3.8, 4) is 0 Å². The van der Waals surface area contributed by atoms with Gasteiger partial charge in [0, 0.05) is 10.9 Å². The van der Waals surface area contributed by atoms with Crippen molar-refractivity contribution in [1.82, 2.24) is 5.32 Å². The lowest BCUT2D eigenvalue weighted by atomic mass is 9.92. The Bertz CT molecular complexity index is 329. The highest BCUT2D eigenvalue weighted by atomic mass is 32.1. The van der Waals surface area contributed by atoms with E-state index in [9.17, 15) is 0 Å². The maximum absolute atomic E-state index is 3.75. The van der Waals surface area contributed by atoms with Gasteiger partial charge in [0.1, 0.15) is 0 Å². The van der Waals surface area contributed by atoms with Crippen LogP contribution in [0.5, 0.6) is 0 Å². The zero-order chi connectivity index (χ0) is 11.5. The van der Waals surface area contributed by atoms with Crippen molar-refractivity contribution in [3.05, 3.63) is 21.9 Å². The monoisotopic (exact) mass is 237 g/mol. The van der Waals surface area contributed by atoms with Crippen molar-refractivity contribution in [1.29, 1.82) is 0 Å². The summed E-state index contributed by atoms with van der Waals surface area (Å²) in [5, 5.41) is 6.00. The van der Waals surface area contributed by atoms with E-state index in [1.54, 1.807) is 10.4 Å². The van der Waals surface area contributed by atoms with Crippen LogP contribution in [-0.4, -0.2) is 6.54 Å². The molecule has 0 aromatic carbocycles. The molecule has 2 heteroatoms. The Kier molecular flexibility index (Phi) is 4.04. The first kappa shape index (κ1) is 12.1. The lowest BCUT2D eigenvalue weighted by Gasteiger charge is -2.26. The van der Waals surface area contributed by atoms with Gasteiger partial charge in [-0.2, -0.15) is 0 Å². The predicted octanol–water partition coefficient (Wildman–Crippen LogP) is 4.01. The lowest BCUT2D eigenvalue weighted by molar-refractivity contribution is 0.355. The van der Waals surface area contributed by atoms with Crippen molar-refractivity contribution in [2.75, 3.05) is 6.54 Å². The molecule has 1 aromatic rings. The van der Waals surface area contributed by atoms with Gasteiger partial charge in [-0.3, -0.25) is 0 Å². The first-order valence-corrected chi connectivity index (χ1v) is 7.36. The maximum Gasteiger partial charge on any atom is 0.0331 e. The Morgan fingerprint density at radius 2 is 2.25 bits per heavy atom. The number of thiophene rings is 1. The molecule has 16 heavy (non-hydrogen) atoms. The molecule has 0 bridgehead atoms. The average Bonchev–Trinajstić information content (AvgIpc) is 2.73. The standard InChI is InChI=1S/C14H23NS/c1-10(2)11(3)9-15-13-5-4-6-14-12(13)7-8-16-14/h7-8,10-11,13,15H,4-6,9H2,1-3H3. The normalized spacial score (nSPS) is 22.1. The van der Waals surface area contributed by atoms with Gasteiger partial charge in [0.05, 0.1) is 0 Å². The molecular formula is C14H23NS. The summed E-state index contributed by atoms with van der Waals surface area (Å²) < 4.78 is 0. The minimum atomic E-state index is 0.621. The molecule has 1 N–H and O–H groups in total. The molecule has 90 valence electrons. The Balaban J connectivity index is 1.93. The van der Waals surface area contributed by atoms with Crippen LogP contribution in [0.25, 0.3) is 0 Å². The fourth-order valence-corrected chi connectivity index (χ4v) is 3.25. The zero-order valence-electron chi connectivity index (χ0n) is 10.6. The molecule has 1 aliphatic carbocycles. The quantitative estimate of drug-likeness (QED) is 0.834. The molecule has 0 saturated carbocycles. The van der Waals surface area contributed by atoms with Gasteiger partial charge in [-0.15, -0.1) is 11.3 Å². The summed E-state index contributed by atoms with van der Waals surface area (Å²) in [4.78, 5) is 1.61. The van der Waals surface area contributed by atoms with E-state index in [-0.39, 0.29) is 0 Å². The van der Waals surface area contributed by atoms with E-state index in [1.807, 2.05) is 11.3 Å². The van der Waals surface area contributed by atoms with E-state index < -0.39 is 0 Å². The predicted molar refractivity (Wildman–Crippen MR) is 72.0 cm³/mol. The highest BCUT2D eigenvalue weighted by Gasteiger charge is 2.21. The molecule has 1 nitrogen and oxygen atoms in total. The van der Waals surface area contributed by atoms with Crippen molar-refractivity contribution >= 4 is 11.3 Å². The molecule has 1 heterocycles. The van der Waals surface area contributed by atoms with E-state index in [0.717, 1.165) is 18.4 Å². The molecule has 2 unspecified atom stereocenters. The molecule has 0 amide bonds. The summed E-state index contributed by atoms with van der Waals surface area (Å²) in [6, 6.07) is 2.94. The average molecular weight is 237 g/mol. The first-order valence-electron chi connectivity index (χ1n) is 6.48. The molecular weight excluding hydrogens is 214 g/mol. The molecule has 0 aliphatic heterocycles. The summed E-state index contributed by atoms with van der Waals surface area (Å²) in [6.45, 7) is 8.11. The summed E-state index contributed by atoms with van der Waals surface area (Å²) in [6.07, 6.45) is 3.96. The third-order valence-electron chi connectivity index (χ3n) is 3.88. The van der Waals surface area contributed by atoms with Crippen molar-refractivity contribution in [2.24, 2.45) is 11.8 Å². The third kappa shape index (κ3) is 2.67. The first-order chi connectivity index (χ1) is 7.68. The number of aryl methyl sites for hydroxylation is 1. The van der Waals surface area contributed by atoms with Crippen LogP contribution in [0, 0.1) is 11.8 Å². The Hall–Kier alpha value is -0.340. The van der Waals surface area contributed by atoms with Gasteiger partial charge < -0.3 is 5.32 Å². The van der Waals surface area contributed by atoms with Crippen LogP contribution in [0.1, 0.15) is 50.1 Å². The van der Waals surface area contributed by atoms with E-state index in [0.29, 0.717) is 6.04 Å². The SMILES string of the molecule is CC(C)C(C)CNC1CCCc2sccc21. The fraction of sp³-hybridized carbons (Fsp3) is 0.714. The summed E-state index contributed by atoms with van der Waals surface area (Å²) in [7, 11) is 0. The largest absolute Gasteiger partial charge is 0.310 e. The highest BCUT2D eigenvalue weighted by Crippen LogP contribution is 2.33. The van der Waals surface area contributed by atoms with Crippen LogP contribution in [-0.2, 0) is 6.42 Å². The van der Waals surface area contributed by atoms with Gasteiger partial charge in [0.2, 0.25) is 0 Å². The summed E-state index contributed by atoms with van der Waals surface area (Å²) in [5.74, 6) is 1.54. The van der Waals surface area contributed by atoms with Gasteiger partial charge in [-0.1, -0.05) is 20.8 Å². The second-order valence-electron chi connectivity index (χ2n) is 5.37. The molecule has 0 spiro atoms. The van der Waals surface area contributed by atoms with Gasteiger partial charge >= 0.3 is 0 Å². The molecule has 0 radical (unpaired) electrons. The van der Waals surface area contributed by atoms with Crippen LogP contribution in [0.3, 0.4) is 0 Å². The third-order valence-corrected chi connectivity index (χ3v) is 4.87. The van der Waals surface area contributed by atoms with Crippen molar-refractivity contribution in [3.63, 3.8) is 0 Å². The number of hydrogen-bond donors (Lipinski definition) is 1. The van der Waals surface area contributed by atoms with Crippen LogP contribution in [0.15, 0.2) is 11.4 Å². The molecule has 1 aliphatic rings. The zero-order valence-corrected chi connectivity index (χ0v) is 11.4. The molecule has 1 aromatic heterocycles. The topological polar surface area (TPSA) is 12.0 Å². The van der Waals surface area contributed by atoms with E-state index in [2.05, 4.69) is 37.5 Å². The molecule has 0 fully saturated rings. The Morgan fingerprint density at radius 3 is 3.00 bits per heavy atom. The smallest absolute Gasteiger partial charge is 0.0331 e. The van der Waals surface area contributed by atoms with Crippen LogP contribution >= 0.6 is 11.3 Å². The number of nitrogens with one attached hydrogen (secondary N) is 1.